The van der Waals surface area contributed by atoms with Crippen LogP contribution in [0.25, 0.3) is 0 Å². The van der Waals surface area contributed by atoms with Gasteiger partial charge in [0.2, 0.25) is 5.91 Å². The third kappa shape index (κ3) is 2.01. The largest absolute Gasteiger partial charge is 0.297 e. The summed E-state index contributed by atoms with van der Waals surface area (Å²) in [6.07, 6.45) is 5.30. The van der Waals surface area contributed by atoms with Crippen molar-refractivity contribution in [3.63, 3.8) is 0 Å². The van der Waals surface area contributed by atoms with E-state index in [0.717, 1.165) is 37.9 Å². The number of rotatable bonds is 2. The number of pyridine rings is 1. The molecule has 102 valence electrons. The van der Waals surface area contributed by atoms with Crippen LogP contribution in [0.1, 0.15) is 25.7 Å². The van der Waals surface area contributed by atoms with E-state index in [2.05, 4.69) is 4.98 Å². The van der Waals surface area contributed by atoms with Gasteiger partial charge in [0.15, 0.2) is 11.6 Å². The number of halogens is 2. The zero-order valence-electron chi connectivity index (χ0n) is 10.8. The molecule has 0 N–H and O–H groups in total. The predicted octanol–water partition coefficient (Wildman–Crippen LogP) is 2.76. The van der Waals surface area contributed by atoms with E-state index >= 15 is 0 Å². The third-order valence-corrected chi connectivity index (χ3v) is 4.55. The molecule has 2 aliphatic rings. The fourth-order valence-electron chi connectivity index (χ4n) is 3.63. The van der Waals surface area contributed by atoms with Crippen LogP contribution < -0.4 is 4.90 Å². The highest BCUT2D eigenvalue weighted by Gasteiger charge is 2.46. The second-order valence-corrected chi connectivity index (χ2v) is 5.56. The van der Waals surface area contributed by atoms with E-state index in [4.69, 9.17) is 0 Å². The Labute approximate surface area is 110 Å². The molecule has 0 radical (unpaired) electrons. The van der Waals surface area contributed by atoms with Crippen LogP contribution in [-0.2, 0) is 4.79 Å². The Kier molecular flexibility index (Phi) is 2.99. The normalized spacial score (nSPS) is 28.7. The van der Waals surface area contributed by atoms with E-state index in [-0.39, 0.29) is 17.6 Å². The summed E-state index contributed by atoms with van der Waals surface area (Å²) in [5, 5.41) is 0. The molecule has 5 heteroatoms. The van der Waals surface area contributed by atoms with Crippen molar-refractivity contribution in [2.45, 2.75) is 25.7 Å². The second kappa shape index (κ2) is 4.54. The number of hydrogen-bond acceptors (Lipinski definition) is 2. The maximum atomic E-state index is 13.7. The van der Waals surface area contributed by atoms with Gasteiger partial charge in [-0.3, -0.25) is 9.69 Å². The van der Waals surface area contributed by atoms with Gasteiger partial charge in [0.1, 0.15) is 5.82 Å². The highest BCUT2D eigenvalue weighted by atomic mass is 19.1. The smallest absolute Gasteiger partial charge is 0.231 e. The lowest BCUT2D eigenvalue weighted by Crippen LogP contribution is -2.36. The van der Waals surface area contributed by atoms with Gasteiger partial charge in [-0.2, -0.15) is 0 Å². The van der Waals surface area contributed by atoms with Crippen LogP contribution in [0.5, 0.6) is 0 Å². The lowest BCUT2D eigenvalue weighted by Gasteiger charge is -2.23. The highest BCUT2D eigenvalue weighted by molar-refractivity contribution is 5.94. The van der Waals surface area contributed by atoms with Gasteiger partial charge in [-0.1, -0.05) is 0 Å². The van der Waals surface area contributed by atoms with Crippen molar-refractivity contribution >= 4 is 11.7 Å². The zero-order valence-corrected chi connectivity index (χ0v) is 10.8. The SMILES string of the molecule is CN(C(=O)C1C2CCC1CC2)c1ncc(F)cc1F. The zero-order chi connectivity index (χ0) is 13.6. The van der Waals surface area contributed by atoms with Crippen LogP contribution in [0, 0.1) is 29.4 Å². The van der Waals surface area contributed by atoms with Crippen LogP contribution in [0.3, 0.4) is 0 Å². The summed E-state index contributed by atoms with van der Waals surface area (Å²) >= 11 is 0. The molecule has 1 aromatic rings. The van der Waals surface area contributed by atoms with E-state index in [1.54, 1.807) is 0 Å². The Bertz CT molecular complexity index is 500. The van der Waals surface area contributed by atoms with Crippen molar-refractivity contribution in [1.29, 1.82) is 0 Å². The minimum Gasteiger partial charge on any atom is -0.297 e. The molecule has 0 spiro atoms. The Morgan fingerprint density at radius 1 is 1.26 bits per heavy atom. The fraction of sp³-hybridized carbons (Fsp3) is 0.571. The maximum Gasteiger partial charge on any atom is 0.231 e. The van der Waals surface area contributed by atoms with E-state index < -0.39 is 11.6 Å². The number of carbonyl (C=O) groups excluding carboxylic acids is 1. The lowest BCUT2D eigenvalue weighted by atomic mass is 9.96. The number of hydrogen-bond donors (Lipinski definition) is 0. The van der Waals surface area contributed by atoms with Gasteiger partial charge in [0.25, 0.3) is 0 Å². The molecule has 2 saturated carbocycles. The summed E-state index contributed by atoms with van der Waals surface area (Å²) < 4.78 is 26.5. The molecule has 0 saturated heterocycles. The maximum absolute atomic E-state index is 13.7. The van der Waals surface area contributed by atoms with Gasteiger partial charge in [0, 0.05) is 19.0 Å². The minimum absolute atomic E-state index is 0.00347. The Balaban J connectivity index is 1.83. The van der Waals surface area contributed by atoms with Crippen molar-refractivity contribution in [2.75, 3.05) is 11.9 Å². The number of fused-ring (bicyclic) bond motifs is 2. The molecule has 3 rings (SSSR count). The van der Waals surface area contributed by atoms with E-state index in [1.165, 1.54) is 11.9 Å². The average Bonchev–Trinajstić information content (AvgIpc) is 2.97. The summed E-state index contributed by atoms with van der Waals surface area (Å²) in [4.78, 5) is 17.4. The number of amides is 1. The molecule has 2 aliphatic carbocycles. The van der Waals surface area contributed by atoms with Gasteiger partial charge in [-0.15, -0.1) is 0 Å². The average molecular weight is 266 g/mol. The van der Waals surface area contributed by atoms with Gasteiger partial charge in [0.05, 0.1) is 6.20 Å². The molecule has 2 fully saturated rings. The van der Waals surface area contributed by atoms with E-state index in [0.29, 0.717) is 11.8 Å². The molecule has 0 aromatic carbocycles. The van der Waals surface area contributed by atoms with Gasteiger partial charge in [-0.05, 0) is 37.5 Å². The highest BCUT2D eigenvalue weighted by Crippen LogP contribution is 2.50. The molecule has 1 amide bonds. The lowest BCUT2D eigenvalue weighted by molar-refractivity contribution is -0.123. The molecule has 0 unspecified atom stereocenters. The summed E-state index contributed by atoms with van der Waals surface area (Å²) in [7, 11) is 1.52. The first-order valence-corrected chi connectivity index (χ1v) is 6.66. The first-order chi connectivity index (χ1) is 9.08. The fourth-order valence-corrected chi connectivity index (χ4v) is 3.63. The number of aromatic nitrogens is 1. The summed E-state index contributed by atoms with van der Waals surface area (Å²) in [6.45, 7) is 0. The molecule has 0 aliphatic heterocycles. The second-order valence-electron chi connectivity index (χ2n) is 5.56. The van der Waals surface area contributed by atoms with Crippen molar-refractivity contribution < 1.29 is 13.6 Å². The Morgan fingerprint density at radius 3 is 2.37 bits per heavy atom. The van der Waals surface area contributed by atoms with E-state index in [1.807, 2.05) is 0 Å². The van der Waals surface area contributed by atoms with Gasteiger partial charge in [-0.25, -0.2) is 13.8 Å². The van der Waals surface area contributed by atoms with Crippen molar-refractivity contribution in [1.82, 2.24) is 4.98 Å². The number of carbonyl (C=O) groups is 1. The molecular formula is C14H16F2N2O. The quantitative estimate of drug-likeness (QED) is 0.824. The topological polar surface area (TPSA) is 33.2 Å². The molecule has 1 heterocycles. The summed E-state index contributed by atoms with van der Waals surface area (Å²) in [5.74, 6) is -0.826. The first-order valence-electron chi connectivity index (χ1n) is 6.66. The molecular weight excluding hydrogens is 250 g/mol. The van der Waals surface area contributed by atoms with Gasteiger partial charge < -0.3 is 0 Å². The van der Waals surface area contributed by atoms with Crippen molar-refractivity contribution in [2.24, 2.45) is 17.8 Å². The summed E-state index contributed by atoms with van der Waals surface area (Å²) in [5.41, 5.74) is 0. The van der Waals surface area contributed by atoms with Crippen molar-refractivity contribution in [3.8, 4) is 0 Å². The molecule has 19 heavy (non-hydrogen) atoms. The summed E-state index contributed by atoms with van der Waals surface area (Å²) in [6, 6.07) is 0.759. The molecule has 0 atom stereocenters. The number of nitrogens with zero attached hydrogens (tertiary/aromatic N) is 2. The van der Waals surface area contributed by atoms with Crippen LogP contribution in [0.4, 0.5) is 14.6 Å². The predicted molar refractivity (Wildman–Crippen MR) is 66.5 cm³/mol. The van der Waals surface area contributed by atoms with Crippen LogP contribution >= 0.6 is 0 Å². The monoisotopic (exact) mass is 266 g/mol. The molecule has 1 aromatic heterocycles. The molecule has 3 nitrogen and oxygen atoms in total. The number of anilines is 1. The minimum atomic E-state index is -0.791. The van der Waals surface area contributed by atoms with E-state index in [9.17, 15) is 13.6 Å². The van der Waals surface area contributed by atoms with Gasteiger partial charge >= 0.3 is 0 Å². The third-order valence-electron chi connectivity index (χ3n) is 4.55. The van der Waals surface area contributed by atoms with Crippen LogP contribution in [0.15, 0.2) is 12.3 Å². The van der Waals surface area contributed by atoms with Crippen molar-refractivity contribution in [3.05, 3.63) is 23.9 Å². The van der Waals surface area contributed by atoms with Crippen LogP contribution in [0.2, 0.25) is 0 Å². The Hall–Kier alpha value is -1.52. The first kappa shape index (κ1) is 12.5. The Morgan fingerprint density at radius 2 is 1.84 bits per heavy atom. The van der Waals surface area contributed by atoms with Crippen LogP contribution in [-0.4, -0.2) is 17.9 Å². The molecule has 2 bridgehead atoms. The standard InChI is InChI=1S/C14H16F2N2O/c1-18(13-11(16)6-10(15)7-17-13)14(19)12-8-2-3-9(12)5-4-8/h6-9,12H,2-5H2,1H3.